The normalized spacial score (nSPS) is 23.3. The molecule has 0 saturated carbocycles. The first-order valence-corrected chi connectivity index (χ1v) is 8.52. The summed E-state index contributed by atoms with van der Waals surface area (Å²) in [7, 11) is 0. The van der Waals surface area contributed by atoms with Crippen molar-refractivity contribution >= 4 is 11.7 Å². The van der Waals surface area contributed by atoms with E-state index < -0.39 is 29.1 Å². The van der Waals surface area contributed by atoms with Crippen molar-refractivity contribution in [3.63, 3.8) is 0 Å². The number of hydrogen-bond acceptors (Lipinski definition) is 2. The summed E-state index contributed by atoms with van der Waals surface area (Å²) in [4.78, 5) is 14.2. The van der Waals surface area contributed by atoms with Gasteiger partial charge in [0, 0.05) is 23.7 Å². The number of ether oxygens (including phenoxy) is 1. The van der Waals surface area contributed by atoms with Crippen molar-refractivity contribution in [3.8, 4) is 0 Å². The monoisotopic (exact) mass is 353 g/mol. The van der Waals surface area contributed by atoms with Gasteiger partial charge in [0.2, 0.25) is 0 Å². The molecule has 2 aliphatic heterocycles. The lowest BCUT2D eigenvalue weighted by atomic mass is 9.83. The Morgan fingerprint density at radius 1 is 1.16 bits per heavy atom. The fourth-order valence-corrected chi connectivity index (χ4v) is 3.66. The molecule has 2 atom stereocenters. The van der Waals surface area contributed by atoms with E-state index in [4.69, 9.17) is 4.74 Å². The molecule has 6 heteroatoms. The highest BCUT2D eigenvalue weighted by molar-refractivity contribution is 5.75. The van der Waals surface area contributed by atoms with Gasteiger partial charge in [-0.3, -0.25) is 4.90 Å². The number of carbonyl (C=O) groups excluding carboxylic acids is 1. The largest absolute Gasteiger partial charge is 0.444 e. The molecule has 0 aromatic heterocycles. The van der Waals surface area contributed by atoms with Gasteiger partial charge in [0.15, 0.2) is 0 Å². The zero-order chi connectivity index (χ0) is 18.4. The first-order chi connectivity index (χ1) is 11.7. The van der Waals surface area contributed by atoms with E-state index in [2.05, 4.69) is 0 Å². The average Bonchev–Trinajstić information content (AvgIpc) is 2.43. The summed E-state index contributed by atoms with van der Waals surface area (Å²) in [6, 6.07) is 0.948. The zero-order valence-corrected chi connectivity index (χ0v) is 14.6. The van der Waals surface area contributed by atoms with Crippen LogP contribution in [0, 0.1) is 17.5 Å². The van der Waals surface area contributed by atoms with Crippen LogP contribution < -0.4 is 0 Å². The predicted molar refractivity (Wildman–Crippen MR) is 88.4 cm³/mol. The molecule has 0 N–H and O–H groups in total. The van der Waals surface area contributed by atoms with E-state index in [1.54, 1.807) is 31.7 Å². The van der Waals surface area contributed by atoms with Crippen molar-refractivity contribution < 1.29 is 22.7 Å². The molecule has 3 nitrogen and oxygen atoms in total. The molecule has 0 radical (unpaired) electrons. The van der Waals surface area contributed by atoms with Crippen LogP contribution in [0.2, 0.25) is 0 Å². The molecule has 2 unspecified atom stereocenters. The van der Waals surface area contributed by atoms with Gasteiger partial charge in [0.25, 0.3) is 0 Å². The SMILES string of the molecule is CC(C)(C)OC(=O)N1C2C=C(c3c(F)cc(F)cc3F)CC1CCC2. The van der Waals surface area contributed by atoms with Crippen molar-refractivity contribution in [2.45, 2.75) is 64.1 Å². The molecule has 2 aliphatic rings. The Balaban J connectivity index is 1.93. The number of rotatable bonds is 1. The fourth-order valence-electron chi connectivity index (χ4n) is 3.66. The van der Waals surface area contributed by atoms with Crippen molar-refractivity contribution in [3.05, 3.63) is 41.2 Å². The lowest BCUT2D eigenvalue weighted by molar-refractivity contribution is 0.0000706. The third-order valence-corrected chi connectivity index (χ3v) is 4.57. The van der Waals surface area contributed by atoms with Gasteiger partial charge in [-0.05, 0) is 52.0 Å². The van der Waals surface area contributed by atoms with E-state index in [1.165, 1.54) is 0 Å². The lowest BCUT2D eigenvalue weighted by Gasteiger charge is -2.45. The summed E-state index contributed by atoms with van der Waals surface area (Å²) in [6.07, 6.45) is 4.04. The second kappa shape index (κ2) is 6.39. The molecule has 0 spiro atoms. The van der Waals surface area contributed by atoms with Crippen LogP contribution in [-0.2, 0) is 4.74 Å². The van der Waals surface area contributed by atoms with Crippen LogP contribution >= 0.6 is 0 Å². The molecular formula is C19H22F3NO2. The highest BCUT2D eigenvalue weighted by Gasteiger charge is 2.40. The molecule has 1 fully saturated rings. The predicted octanol–water partition coefficient (Wildman–Crippen LogP) is 5.05. The molecule has 25 heavy (non-hydrogen) atoms. The Morgan fingerprint density at radius 3 is 2.36 bits per heavy atom. The van der Waals surface area contributed by atoms with Gasteiger partial charge in [0.05, 0.1) is 6.04 Å². The smallest absolute Gasteiger partial charge is 0.411 e. The summed E-state index contributed by atoms with van der Waals surface area (Å²) in [5.41, 5.74) is -0.309. The first kappa shape index (κ1) is 17.8. The minimum atomic E-state index is -0.939. The van der Waals surface area contributed by atoms with Crippen LogP contribution in [0.25, 0.3) is 5.57 Å². The summed E-state index contributed by atoms with van der Waals surface area (Å²) in [5.74, 6) is -2.76. The number of amides is 1. The van der Waals surface area contributed by atoms with Crippen molar-refractivity contribution in [2.75, 3.05) is 0 Å². The van der Waals surface area contributed by atoms with Gasteiger partial charge in [-0.2, -0.15) is 0 Å². The van der Waals surface area contributed by atoms with Gasteiger partial charge in [-0.1, -0.05) is 6.08 Å². The molecular weight excluding hydrogens is 331 g/mol. The van der Waals surface area contributed by atoms with Crippen LogP contribution in [-0.4, -0.2) is 28.7 Å². The van der Waals surface area contributed by atoms with Crippen LogP contribution in [0.5, 0.6) is 0 Å². The minimum Gasteiger partial charge on any atom is -0.444 e. The van der Waals surface area contributed by atoms with Crippen LogP contribution in [0.15, 0.2) is 18.2 Å². The van der Waals surface area contributed by atoms with Crippen LogP contribution in [0.1, 0.15) is 52.0 Å². The Bertz CT molecular complexity index is 701. The maximum Gasteiger partial charge on any atom is 0.411 e. The van der Waals surface area contributed by atoms with Crippen molar-refractivity contribution in [1.82, 2.24) is 4.90 Å². The highest BCUT2D eigenvalue weighted by Crippen LogP contribution is 2.39. The number of nitrogens with zero attached hydrogens (tertiary/aromatic N) is 1. The molecule has 3 rings (SSSR count). The number of benzene rings is 1. The third-order valence-electron chi connectivity index (χ3n) is 4.57. The molecule has 1 amide bonds. The van der Waals surface area contributed by atoms with E-state index in [0.717, 1.165) is 12.8 Å². The Hall–Kier alpha value is -1.98. The third kappa shape index (κ3) is 3.67. The van der Waals surface area contributed by atoms with Gasteiger partial charge >= 0.3 is 6.09 Å². The number of halogens is 3. The molecule has 2 heterocycles. The molecule has 136 valence electrons. The summed E-state index contributed by atoms with van der Waals surface area (Å²) in [6.45, 7) is 5.40. The molecule has 1 aromatic rings. The van der Waals surface area contributed by atoms with E-state index in [-0.39, 0.29) is 17.6 Å². The average molecular weight is 353 g/mol. The van der Waals surface area contributed by atoms with Crippen molar-refractivity contribution in [1.29, 1.82) is 0 Å². The van der Waals surface area contributed by atoms with E-state index in [0.29, 0.717) is 30.5 Å². The second-order valence-corrected chi connectivity index (χ2v) is 7.68. The maximum absolute atomic E-state index is 14.1. The molecule has 1 saturated heterocycles. The molecule has 2 bridgehead atoms. The number of piperidine rings is 1. The Labute approximate surface area is 145 Å². The quantitative estimate of drug-likeness (QED) is 0.707. The summed E-state index contributed by atoms with van der Waals surface area (Å²) >= 11 is 0. The van der Waals surface area contributed by atoms with Crippen LogP contribution in [0.4, 0.5) is 18.0 Å². The van der Waals surface area contributed by atoms with Gasteiger partial charge in [-0.25, -0.2) is 18.0 Å². The molecule has 1 aromatic carbocycles. The van der Waals surface area contributed by atoms with Gasteiger partial charge < -0.3 is 4.74 Å². The number of hydrogen-bond donors (Lipinski definition) is 0. The van der Waals surface area contributed by atoms with Gasteiger partial charge in [0.1, 0.15) is 23.1 Å². The lowest BCUT2D eigenvalue weighted by Crippen LogP contribution is -2.53. The van der Waals surface area contributed by atoms with Crippen LogP contribution in [0.3, 0.4) is 0 Å². The first-order valence-electron chi connectivity index (χ1n) is 8.52. The highest BCUT2D eigenvalue weighted by atomic mass is 19.1. The summed E-state index contributed by atoms with van der Waals surface area (Å²) in [5, 5.41) is 0. The minimum absolute atomic E-state index is 0.169. The fraction of sp³-hybridized carbons (Fsp3) is 0.526. The Kier molecular flexibility index (Phi) is 4.56. The molecule has 0 aliphatic carbocycles. The maximum atomic E-state index is 14.1. The van der Waals surface area contributed by atoms with Crippen molar-refractivity contribution in [2.24, 2.45) is 0 Å². The van der Waals surface area contributed by atoms with E-state index in [9.17, 15) is 18.0 Å². The standard InChI is InChI=1S/C19H22F3NO2/c1-19(2,3)25-18(24)23-13-5-4-6-14(23)8-11(7-13)17-15(21)9-12(20)10-16(17)22/h7,9-10,13-14H,4-6,8H2,1-3H3. The number of fused-ring (bicyclic) bond motifs is 2. The summed E-state index contributed by atoms with van der Waals surface area (Å²) < 4.78 is 46.9. The van der Waals surface area contributed by atoms with Gasteiger partial charge in [-0.15, -0.1) is 0 Å². The Morgan fingerprint density at radius 2 is 1.80 bits per heavy atom. The van der Waals surface area contributed by atoms with E-state index >= 15 is 0 Å². The zero-order valence-electron chi connectivity index (χ0n) is 14.6. The second-order valence-electron chi connectivity index (χ2n) is 7.68. The topological polar surface area (TPSA) is 29.5 Å². The number of carbonyl (C=O) groups is 1. The van der Waals surface area contributed by atoms with E-state index in [1.807, 2.05) is 0 Å².